The lowest BCUT2D eigenvalue weighted by atomic mass is 9.95. The zero-order valence-electron chi connectivity index (χ0n) is 7.16. The fraction of sp³-hybridized carbons (Fsp3) is 1.00. The summed E-state index contributed by atoms with van der Waals surface area (Å²) in [4.78, 5) is 0. The van der Waals surface area contributed by atoms with E-state index in [2.05, 4.69) is 4.74 Å². The van der Waals surface area contributed by atoms with Gasteiger partial charge in [-0.2, -0.15) is 0 Å². The van der Waals surface area contributed by atoms with Crippen LogP contribution in [-0.4, -0.2) is 62.3 Å². The minimum atomic E-state index is -1.68. The highest BCUT2D eigenvalue weighted by Gasteiger charge is 2.50. The van der Waals surface area contributed by atoms with Crippen molar-refractivity contribution in [3.63, 3.8) is 0 Å². The van der Waals surface area contributed by atoms with E-state index in [0.29, 0.717) is 0 Å². The molecule has 0 unspecified atom stereocenters. The van der Waals surface area contributed by atoms with E-state index < -0.39 is 36.8 Å². The van der Waals surface area contributed by atoms with Crippen molar-refractivity contribution >= 4 is 0 Å². The Kier molecular flexibility index (Phi) is 2.91. The fourth-order valence-electron chi connectivity index (χ4n) is 1.26. The van der Waals surface area contributed by atoms with Gasteiger partial charge in [-0.3, -0.25) is 0 Å². The van der Waals surface area contributed by atoms with E-state index in [0.717, 1.165) is 0 Å². The molecule has 5 N–H and O–H groups in total. The molecule has 0 aromatic carbocycles. The normalized spacial score (nSPS) is 44.8. The van der Waals surface area contributed by atoms with Crippen LogP contribution in [-0.2, 0) is 4.74 Å². The second-order valence-electron chi connectivity index (χ2n) is 3.44. The summed E-state index contributed by atoms with van der Waals surface area (Å²) < 4.78 is 4.69. The Morgan fingerprint density at radius 2 is 1.77 bits per heavy atom. The van der Waals surface area contributed by atoms with Gasteiger partial charge in [-0.25, -0.2) is 0 Å². The largest absolute Gasteiger partial charge is 0.393 e. The summed E-state index contributed by atoms with van der Waals surface area (Å²) >= 11 is 0. The number of aliphatic hydroxyl groups excluding tert-OH is 4. The van der Waals surface area contributed by atoms with Crippen LogP contribution < -0.4 is 0 Å². The molecule has 1 heterocycles. The van der Waals surface area contributed by atoms with E-state index in [1.165, 1.54) is 6.92 Å². The van der Waals surface area contributed by atoms with Gasteiger partial charge in [-0.15, -0.1) is 0 Å². The molecular weight excluding hydrogens is 180 g/mol. The van der Waals surface area contributed by atoms with Crippen LogP contribution in [0.4, 0.5) is 0 Å². The van der Waals surface area contributed by atoms with Gasteiger partial charge in [-0.05, 0) is 6.92 Å². The van der Waals surface area contributed by atoms with Crippen molar-refractivity contribution in [1.29, 1.82) is 0 Å². The minimum absolute atomic E-state index is 0.631. The first-order valence-electron chi connectivity index (χ1n) is 3.93. The first kappa shape index (κ1) is 10.8. The molecule has 0 aromatic heterocycles. The molecule has 1 aliphatic rings. The lowest BCUT2D eigenvalue weighted by molar-refractivity contribution is -0.179. The number of ether oxygens (including phenoxy) is 1. The minimum Gasteiger partial charge on any atom is -0.393 e. The summed E-state index contributed by atoms with van der Waals surface area (Å²) in [5.41, 5.74) is -1.68. The molecular formula is C7H14O6. The second-order valence-corrected chi connectivity index (χ2v) is 3.44. The summed E-state index contributed by atoms with van der Waals surface area (Å²) in [6, 6.07) is 0. The van der Waals surface area contributed by atoms with E-state index in [-0.39, 0.29) is 0 Å². The molecule has 0 aliphatic carbocycles. The Morgan fingerprint density at radius 1 is 1.23 bits per heavy atom. The van der Waals surface area contributed by atoms with E-state index in [9.17, 15) is 10.2 Å². The molecule has 78 valence electrons. The van der Waals surface area contributed by atoms with Crippen LogP contribution in [0, 0.1) is 0 Å². The molecule has 0 spiro atoms. The predicted molar refractivity (Wildman–Crippen MR) is 40.6 cm³/mol. The van der Waals surface area contributed by atoms with Crippen LogP contribution in [0.15, 0.2) is 0 Å². The van der Waals surface area contributed by atoms with E-state index >= 15 is 0 Å². The van der Waals surface area contributed by atoms with E-state index in [1.54, 1.807) is 0 Å². The summed E-state index contributed by atoms with van der Waals surface area (Å²) in [6.45, 7) is 0.611. The maximum Gasteiger partial charge on any atom is 0.184 e. The number of aliphatic hydroxyl groups is 5. The van der Waals surface area contributed by atoms with Crippen molar-refractivity contribution in [2.75, 3.05) is 6.61 Å². The average molecular weight is 194 g/mol. The average Bonchev–Trinajstić information content (AvgIpc) is 2.33. The van der Waals surface area contributed by atoms with Gasteiger partial charge in [0.1, 0.15) is 23.9 Å². The molecule has 0 saturated carbocycles. The molecule has 6 nitrogen and oxygen atoms in total. The van der Waals surface area contributed by atoms with E-state index in [1.807, 2.05) is 0 Å². The predicted octanol–water partition coefficient (Wildman–Crippen LogP) is -2.83. The number of hydrogen-bond donors (Lipinski definition) is 5. The van der Waals surface area contributed by atoms with E-state index in [4.69, 9.17) is 15.3 Å². The molecule has 0 aromatic rings. The van der Waals surface area contributed by atoms with Crippen molar-refractivity contribution in [2.45, 2.75) is 37.1 Å². The van der Waals surface area contributed by atoms with Crippen molar-refractivity contribution in [2.24, 2.45) is 0 Å². The van der Waals surface area contributed by atoms with Crippen molar-refractivity contribution in [3.05, 3.63) is 0 Å². The third kappa shape index (κ3) is 1.83. The highest BCUT2D eigenvalue weighted by atomic mass is 16.7. The van der Waals surface area contributed by atoms with Gasteiger partial charge in [0.05, 0.1) is 6.61 Å². The molecule has 0 radical (unpaired) electrons. The van der Waals surface area contributed by atoms with Gasteiger partial charge < -0.3 is 30.3 Å². The lowest BCUT2D eigenvalue weighted by Gasteiger charge is -2.29. The maximum atomic E-state index is 9.47. The van der Waals surface area contributed by atoms with Crippen LogP contribution in [0.25, 0.3) is 0 Å². The molecule has 5 atom stereocenters. The van der Waals surface area contributed by atoms with Crippen molar-refractivity contribution in [1.82, 2.24) is 0 Å². The topological polar surface area (TPSA) is 110 Å². The summed E-state index contributed by atoms with van der Waals surface area (Å²) in [6.07, 6.45) is -5.58. The second kappa shape index (κ2) is 3.49. The van der Waals surface area contributed by atoms with Gasteiger partial charge in [0.15, 0.2) is 6.29 Å². The Hall–Kier alpha value is -0.240. The number of hydrogen-bond acceptors (Lipinski definition) is 6. The Labute approximate surface area is 75.0 Å². The third-order valence-corrected chi connectivity index (χ3v) is 2.17. The zero-order valence-corrected chi connectivity index (χ0v) is 7.16. The zero-order chi connectivity index (χ0) is 10.2. The molecule has 6 heteroatoms. The first-order chi connectivity index (χ1) is 5.90. The molecule has 1 fully saturated rings. The van der Waals surface area contributed by atoms with Crippen molar-refractivity contribution in [3.8, 4) is 0 Å². The third-order valence-electron chi connectivity index (χ3n) is 2.17. The van der Waals surface area contributed by atoms with Crippen LogP contribution in [0.1, 0.15) is 6.92 Å². The summed E-state index contributed by atoms with van der Waals surface area (Å²) in [5.74, 6) is 0. The molecule has 1 aliphatic heterocycles. The molecule has 0 amide bonds. The summed E-state index contributed by atoms with van der Waals surface area (Å²) in [5, 5.41) is 45.6. The van der Waals surface area contributed by atoms with Crippen molar-refractivity contribution < 1.29 is 30.3 Å². The highest BCUT2D eigenvalue weighted by molar-refractivity contribution is 4.96. The van der Waals surface area contributed by atoms with Gasteiger partial charge in [0.2, 0.25) is 0 Å². The summed E-state index contributed by atoms with van der Waals surface area (Å²) in [7, 11) is 0. The van der Waals surface area contributed by atoms with Crippen LogP contribution in [0.3, 0.4) is 0 Å². The van der Waals surface area contributed by atoms with Gasteiger partial charge in [0, 0.05) is 0 Å². The van der Waals surface area contributed by atoms with Gasteiger partial charge in [-0.1, -0.05) is 0 Å². The van der Waals surface area contributed by atoms with Gasteiger partial charge in [0.25, 0.3) is 0 Å². The quantitative estimate of drug-likeness (QED) is 0.324. The molecule has 0 bridgehead atoms. The molecule has 1 saturated heterocycles. The Balaban J connectivity index is 2.73. The standard InChI is InChI=1S/C7H14O6/c1-7(12,2-8)5-3(9)4(10)6(11)13-5/h3-6,8-12H,2H2,1H3/t3-,4-,5+,6-,7-/m1/s1. The van der Waals surface area contributed by atoms with Gasteiger partial charge >= 0.3 is 0 Å². The molecule has 1 rings (SSSR count). The fourth-order valence-corrected chi connectivity index (χ4v) is 1.26. The Morgan fingerprint density at radius 3 is 2.08 bits per heavy atom. The smallest absolute Gasteiger partial charge is 0.184 e. The first-order valence-corrected chi connectivity index (χ1v) is 3.93. The molecule has 13 heavy (non-hydrogen) atoms. The Bertz CT molecular complexity index is 182. The lowest BCUT2D eigenvalue weighted by Crippen LogP contribution is -2.49. The highest BCUT2D eigenvalue weighted by Crippen LogP contribution is 2.27. The number of rotatable bonds is 2. The monoisotopic (exact) mass is 194 g/mol. The SMILES string of the molecule is C[C@@](O)(CO)[C@H]1O[C@@H](O)[C@H](O)[C@H]1O. The maximum absolute atomic E-state index is 9.47. The van der Waals surface area contributed by atoms with Crippen LogP contribution in [0.5, 0.6) is 0 Å². The van der Waals surface area contributed by atoms with Crippen LogP contribution in [0.2, 0.25) is 0 Å². The van der Waals surface area contributed by atoms with Crippen LogP contribution >= 0.6 is 0 Å².